The van der Waals surface area contributed by atoms with Crippen molar-refractivity contribution < 1.29 is 4.74 Å². The van der Waals surface area contributed by atoms with Gasteiger partial charge in [0.25, 0.3) is 0 Å². The summed E-state index contributed by atoms with van der Waals surface area (Å²) in [4.78, 5) is 0. The molecule has 1 saturated heterocycles. The summed E-state index contributed by atoms with van der Waals surface area (Å²) in [5, 5.41) is 8.47. The number of rotatable bonds is 0. The van der Waals surface area contributed by atoms with Crippen LogP contribution in [0.15, 0.2) is 0 Å². The summed E-state index contributed by atoms with van der Waals surface area (Å²) in [6, 6.07) is 2.21. The second-order valence-electron chi connectivity index (χ2n) is 2.18. The van der Waals surface area contributed by atoms with Gasteiger partial charge in [-0.05, 0) is 12.8 Å². The highest BCUT2D eigenvalue weighted by Crippen LogP contribution is 2.20. The molecule has 0 bridgehead atoms. The third kappa shape index (κ3) is 1.88. The maximum absolute atomic E-state index is 8.47. The fourth-order valence-electron chi connectivity index (χ4n) is 0.893. The van der Waals surface area contributed by atoms with Crippen LogP contribution in [0.3, 0.4) is 0 Å². The molecule has 3 heteroatoms. The quantitative estimate of drug-likeness (QED) is 0.517. The zero-order valence-electron chi connectivity index (χ0n) is 5.08. The molecule has 1 heterocycles. The van der Waals surface area contributed by atoms with Gasteiger partial charge in [-0.15, -0.1) is 12.6 Å². The van der Waals surface area contributed by atoms with Crippen LogP contribution in [0.4, 0.5) is 0 Å². The van der Waals surface area contributed by atoms with Crippen molar-refractivity contribution in [2.24, 2.45) is 5.92 Å². The fraction of sp³-hybridized carbons (Fsp3) is 0.833. The first kappa shape index (κ1) is 6.91. The van der Waals surface area contributed by atoms with Crippen LogP contribution in [0, 0.1) is 17.2 Å². The molecule has 0 N–H and O–H groups in total. The van der Waals surface area contributed by atoms with Crippen LogP contribution in [0.25, 0.3) is 0 Å². The van der Waals surface area contributed by atoms with E-state index in [1.54, 1.807) is 0 Å². The Morgan fingerprint density at radius 1 is 1.67 bits per heavy atom. The molecule has 1 aliphatic rings. The van der Waals surface area contributed by atoms with Gasteiger partial charge in [0.05, 0.1) is 12.0 Å². The van der Waals surface area contributed by atoms with Gasteiger partial charge in [-0.2, -0.15) is 5.26 Å². The third-order valence-corrected chi connectivity index (χ3v) is 1.81. The van der Waals surface area contributed by atoms with Crippen LogP contribution >= 0.6 is 12.6 Å². The predicted molar refractivity (Wildman–Crippen MR) is 37.1 cm³/mol. The summed E-state index contributed by atoms with van der Waals surface area (Å²) >= 11 is 4.10. The first-order chi connectivity index (χ1) is 4.33. The smallest absolute Gasteiger partial charge is 0.101 e. The van der Waals surface area contributed by atoms with E-state index in [0.717, 1.165) is 12.8 Å². The minimum absolute atomic E-state index is 0.0107. The summed E-state index contributed by atoms with van der Waals surface area (Å²) in [6.45, 7) is 0.687. The Morgan fingerprint density at radius 3 is 2.89 bits per heavy atom. The standard InChI is InChI=1S/C6H9NOS/c7-4-5-1-2-8-6(9)3-5/h5-6,9H,1-3H2. The number of nitriles is 1. The van der Waals surface area contributed by atoms with Crippen molar-refractivity contribution in [3.63, 3.8) is 0 Å². The monoisotopic (exact) mass is 143 g/mol. The zero-order chi connectivity index (χ0) is 6.69. The first-order valence-electron chi connectivity index (χ1n) is 3.02. The highest BCUT2D eigenvalue weighted by Gasteiger charge is 2.18. The second-order valence-corrected chi connectivity index (χ2v) is 2.75. The number of ether oxygens (including phenoxy) is 1. The van der Waals surface area contributed by atoms with Crippen LogP contribution in [0.1, 0.15) is 12.8 Å². The van der Waals surface area contributed by atoms with Gasteiger partial charge in [0.1, 0.15) is 5.44 Å². The first-order valence-corrected chi connectivity index (χ1v) is 3.54. The van der Waals surface area contributed by atoms with Crippen LogP contribution in [0.2, 0.25) is 0 Å². The van der Waals surface area contributed by atoms with Gasteiger partial charge in [-0.1, -0.05) is 0 Å². The Labute approximate surface area is 60.2 Å². The summed E-state index contributed by atoms with van der Waals surface area (Å²) in [5.41, 5.74) is -0.0107. The van der Waals surface area contributed by atoms with Crippen molar-refractivity contribution in [3.05, 3.63) is 0 Å². The molecule has 0 aromatic carbocycles. The lowest BCUT2D eigenvalue weighted by molar-refractivity contribution is 0.0582. The Hall–Kier alpha value is -0.200. The Kier molecular flexibility index (Phi) is 2.38. The normalized spacial score (nSPS) is 35.6. The Morgan fingerprint density at radius 2 is 2.44 bits per heavy atom. The van der Waals surface area contributed by atoms with Crippen LogP contribution < -0.4 is 0 Å². The number of nitrogens with zero attached hydrogens (tertiary/aromatic N) is 1. The van der Waals surface area contributed by atoms with Crippen molar-refractivity contribution >= 4 is 12.6 Å². The van der Waals surface area contributed by atoms with Gasteiger partial charge < -0.3 is 4.74 Å². The van der Waals surface area contributed by atoms with Gasteiger partial charge in [-0.25, -0.2) is 0 Å². The molecule has 0 aliphatic carbocycles. The Bertz CT molecular complexity index is 132. The molecule has 9 heavy (non-hydrogen) atoms. The van der Waals surface area contributed by atoms with Gasteiger partial charge >= 0.3 is 0 Å². The SMILES string of the molecule is N#CC1CCOC(S)C1. The van der Waals surface area contributed by atoms with E-state index >= 15 is 0 Å². The molecule has 1 rings (SSSR count). The molecule has 1 aliphatic heterocycles. The van der Waals surface area contributed by atoms with E-state index < -0.39 is 0 Å². The van der Waals surface area contributed by atoms with E-state index in [1.807, 2.05) is 0 Å². The second kappa shape index (κ2) is 3.09. The van der Waals surface area contributed by atoms with Gasteiger partial charge in [0.15, 0.2) is 0 Å². The molecule has 0 radical (unpaired) electrons. The van der Waals surface area contributed by atoms with Gasteiger partial charge in [0.2, 0.25) is 0 Å². The average molecular weight is 143 g/mol. The zero-order valence-corrected chi connectivity index (χ0v) is 5.97. The molecule has 50 valence electrons. The molecule has 0 aromatic heterocycles. The van der Waals surface area contributed by atoms with E-state index in [0.29, 0.717) is 6.61 Å². The van der Waals surface area contributed by atoms with E-state index in [9.17, 15) is 0 Å². The van der Waals surface area contributed by atoms with Crippen LogP contribution in [-0.2, 0) is 4.74 Å². The molecule has 0 aromatic rings. The van der Waals surface area contributed by atoms with E-state index in [2.05, 4.69) is 18.7 Å². The molecular weight excluding hydrogens is 134 g/mol. The van der Waals surface area contributed by atoms with Crippen molar-refractivity contribution in [1.82, 2.24) is 0 Å². The van der Waals surface area contributed by atoms with Crippen LogP contribution in [-0.4, -0.2) is 12.0 Å². The van der Waals surface area contributed by atoms with Gasteiger partial charge in [-0.3, -0.25) is 0 Å². The van der Waals surface area contributed by atoms with Crippen molar-refractivity contribution in [2.75, 3.05) is 6.61 Å². The summed E-state index contributed by atoms with van der Waals surface area (Å²) in [7, 11) is 0. The topological polar surface area (TPSA) is 33.0 Å². The molecule has 2 atom stereocenters. The molecule has 0 saturated carbocycles. The highest BCUT2D eigenvalue weighted by atomic mass is 32.1. The molecule has 0 spiro atoms. The van der Waals surface area contributed by atoms with Crippen molar-refractivity contribution in [3.8, 4) is 6.07 Å². The summed E-state index contributed by atoms with van der Waals surface area (Å²) in [6.07, 6.45) is 1.65. The number of thiol groups is 1. The van der Waals surface area contributed by atoms with E-state index in [1.165, 1.54) is 0 Å². The number of hydrogen-bond donors (Lipinski definition) is 1. The molecule has 2 unspecified atom stereocenters. The summed E-state index contributed by atoms with van der Waals surface area (Å²) < 4.78 is 5.12. The Balaban J connectivity index is 2.34. The highest BCUT2D eigenvalue weighted by molar-refractivity contribution is 7.80. The molecular formula is C6H9NOS. The minimum atomic E-state index is -0.0107. The lowest BCUT2D eigenvalue weighted by Gasteiger charge is -2.21. The lowest BCUT2D eigenvalue weighted by Crippen LogP contribution is -2.20. The average Bonchev–Trinajstić information content (AvgIpc) is 1.88. The maximum Gasteiger partial charge on any atom is 0.101 e. The fourth-order valence-corrected chi connectivity index (χ4v) is 1.25. The predicted octanol–water partition coefficient (Wildman–Crippen LogP) is 1.19. The van der Waals surface area contributed by atoms with Crippen molar-refractivity contribution in [2.45, 2.75) is 18.3 Å². The molecule has 0 amide bonds. The van der Waals surface area contributed by atoms with Crippen molar-refractivity contribution in [1.29, 1.82) is 5.26 Å². The molecule has 1 fully saturated rings. The largest absolute Gasteiger partial charge is 0.368 e. The lowest BCUT2D eigenvalue weighted by atomic mass is 10.0. The third-order valence-electron chi connectivity index (χ3n) is 1.45. The summed E-state index contributed by atoms with van der Waals surface area (Å²) in [5.74, 6) is 0.168. The van der Waals surface area contributed by atoms with E-state index in [4.69, 9.17) is 10.00 Å². The van der Waals surface area contributed by atoms with Gasteiger partial charge in [0, 0.05) is 6.61 Å². The van der Waals surface area contributed by atoms with Crippen LogP contribution in [0.5, 0.6) is 0 Å². The maximum atomic E-state index is 8.47. The minimum Gasteiger partial charge on any atom is -0.368 e. The molecule has 2 nitrogen and oxygen atoms in total. The number of hydrogen-bond acceptors (Lipinski definition) is 3. The van der Waals surface area contributed by atoms with E-state index in [-0.39, 0.29) is 11.4 Å².